The van der Waals surface area contributed by atoms with E-state index in [-0.39, 0.29) is 6.04 Å². The Kier molecular flexibility index (Phi) is 3.69. The average Bonchev–Trinajstić information content (AvgIpc) is 3.35. The minimum absolute atomic E-state index is 0.0182. The Labute approximate surface area is 158 Å². The highest BCUT2D eigenvalue weighted by atomic mass is 16.5. The fourth-order valence-corrected chi connectivity index (χ4v) is 3.89. The van der Waals surface area contributed by atoms with Gasteiger partial charge < -0.3 is 9.84 Å². The molecule has 0 bridgehead atoms. The maximum atomic E-state index is 11.5. The normalized spacial score (nSPS) is 23.0. The van der Waals surface area contributed by atoms with Crippen LogP contribution in [0.2, 0.25) is 0 Å². The molecule has 0 fully saturated rings. The molecule has 0 amide bonds. The molecule has 2 atom stereocenters. The Hall–Kier alpha value is -3.17. The van der Waals surface area contributed by atoms with Gasteiger partial charge in [-0.05, 0) is 28.8 Å². The number of aliphatic hydroxyl groups is 1. The van der Waals surface area contributed by atoms with Crippen LogP contribution in [0.3, 0.4) is 0 Å². The van der Waals surface area contributed by atoms with E-state index < -0.39 is 5.60 Å². The second kappa shape index (κ2) is 6.22. The molecule has 1 aliphatic carbocycles. The van der Waals surface area contributed by atoms with Crippen molar-refractivity contribution < 1.29 is 9.84 Å². The summed E-state index contributed by atoms with van der Waals surface area (Å²) in [5, 5.41) is 11.5. The average molecular weight is 353 g/mol. The van der Waals surface area contributed by atoms with Crippen molar-refractivity contribution in [2.24, 2.45) is 4.99 Å². The summed E-state index contributed by atoms with van der Waals surface area (Å²) < 4.78 is 5.95. The molecule has 0 saturated carbocycles. The van der Waals surface area contributed by atoms with Crippen LogP contribution in [0.4, 0.5) is 0 Å². The van der Waals surface area contributed by atoms with Gasteiger partial charge in [0.15, 0.2) is 0 Å². The van der Waals surface area contributed by atoms with Gasteiger partial charge in [0.05, 0.1) is 0 Å². The number of nitrogens with zero attached hydrogens (tertiary/aromatic N) is 1. The molecule has 0 aromatic heterocycles. The number of benzene rings is 3. The number of hydrogen-bond acceptors (Lipinski definition) is 3. The van der Waals surface area contributed by atoms with Gasteiger partial charge in [-0.15, -0.1) is 0 Å². The molecule has 1 aliphatic heterocycles. The lowest BCUT2D eigenvalue weighted by Gasteiger charge is -2.25. The highest BCUT2D eigenvalue weighted by Gasteiger charge is 2.37. The number of hydrogen-bond donors (Lipinski definition) is 1. The topological polar surface area (TPSA) is 41.8 Å². The summed E-state index contributed by atoms with van der Waals surface area (Å²) in [6.45, 7) is 0.512. The van der Waals surface area contributed by atoms with Gasteiger partial charge in [0.25, 0.3) is 0 Å². The molecule has 132 valence electrons. The van der Waals surface area contributed by atoms with Gasteiger partial charge in [0.1, 0.15) is 18.2 Å². The molecule has 5 rings (SSSR count). The van der Waals surface area contributed by atoms with Crippen LogP contribution in [-0.2, 0) is 10.3 Å². The minimum Gasteiger partial charge on any atom is -0.475 e. The number of rotatable bonds is 3. The van der Waals surface area contributed by atoms with Crippen molar-refractivity contribution in [2.75, 3.05) is 6.61 Å². The second-order valence-corrected chi connectivity index (χ2v) is 6.90. The third-order valence-electron chi connectivity index (χ3n) is 5.28. The van der Waals surface area contributed by atoms with Gasteiger partial charge in [-0.25, -0.2) is 4.99 Å². The molecular formula is C24H19NO2. The van der Waals surface area contributed by atoms with E-state index in [1.807, 2.05) is 78.9 Å². The molecule has 1 heterocycles. The summed E-state index contributed by atoms with van der Waals surface area (Å²) >= 11 is 0. The molecule has 0 radical (unpaired) electrons. The van der Waals surface area contributed by atoms with Crippen molar-refractivity contribution >= 4 is 12.0 Å². The molecule has 0 spiro atoms. The molecule has 3 aromatic carbocycles. The van der Waals surface area contributed by atoms with Crippen molar-refractivity contribution in [3.05, 3.63) is 113 Å². The molecule has 27 heavy (non-hydrogen) atoms. The molecule has 0 saturated heterocycles. The monoisotopic (exact) mass is 353 g/mol. The van der Waals surface area contributed by atoms with Crippen molar-refractivity contribution in [3.63, 3.8) is 0 Å². The lowest BCUT2D eigenvalue weighted by Crippen LogP contribution is -2.26. The highest BCUT2D eigenvalue weighted by Crippen LogP contribution is 2.41. The lowest BCUT2D eigenvalue weighted by molar-refractivity contribution is 0.137. The van der Waals surface area contributed by atoms with Crippen LogP contribution in [0.25, 0.3) is 6.08 Å². The standard InChI is InChI=1S/C24H19NO2/c26-24(15-14-17-8-4-6-12-20(17)24)21-13-7-5-11-19(21)23-25-22(16-27-23)18-9-2-1-3-10-18/h1-15,22,26H,16H2/t22-,24?/m0/s1. The summed E-state index contributed by atoms with van der Waals surface area (Å²) in [6.07, 6.45) is 3.82. The zero-order valence-corrected chi connectivity index (χ0v) is 14.7. The number of fused-ring (bicyclic) bond motifs is 1. The Morgan fingerprint density at radius 3 is 2.41 bits per heavy atom. The smallest absolute Gasteiger partial charge is 0.217 e. The third-order valence-corrected chi connectivity index (χ3v) is 5.28. The van der Waals surface area contributed by atoms with Crippen LogP contribution in [0.1, 0.15) is 33.9 Å². The van der Waals surface area contributed by atoms with Crippen LogP contribution < -0.4 is 0 Å². The number of aliphatic imine (C=N–C) groups is 1. The van der Waals surface area contributed by atoms with Gasteiger partial charge in [-0.3, -0.25) is 0 Å². The van der Waals surface area contributed by atoms with Crippen molar-refractivity contribution in [2.45, 2.75) is 11.6 Å². The van der Waals surface area contributed by atoms with Crippen molar-refractivity contribution in [3.8, 4) is 0 Å². The van der Waals surface area contributed by atoms with Crippen LogP contribution in [0.15, 0.2) is 89.9 Å². The Morgan fingerprint density at radius 2 is 1.56 bits per heavy atom. The Balaban J connectivity index is 1.58. The Morgan fingerprint density at radius 1 is 0.852 bits per heavy atom. The molecule has 3 nitrogen and oxygen atoms in total. The van der Waals surface area contributed by atoms with Gasteiger partial charge >= 0.3 is 0 Å². The zero-order chi connectivity index (χ0) is 18.3. The van der Waals surface area contributed by atoms with Crippen LogP contribution in [-0.4, -0.2) is 17.6 Å². The molecular weight excluding hydrogens is 334 g/mol. The van der Waals surface area contributed by atoms with E-state index in [9.17, 15) is 5.11 Å². The molecule has 3 aromatic rings. The minimum atomic E-state index is -1.18. The maximum Gasteiger partial charge on any atom is 0.217 e. The first-order valence-electron chi connectivity index (χ1n) is 9.12. The fourth-order valence-electron chi connectivity index (χ4n) is 3.89. The first kappa shape index (κ1) is 16.0. The van der Waals surface area contributed by atoms with E-state index in [1.54, 1.807) is 0 Å². The van der Waals surface area contributed by atoms with E-state index in [2.05, 4.69) is 12.1 Å². The molecule has 3 heteroatoms. The van der Waals surface area contributed by atoms with Gasteiger partial charge in [0.2, 0.25) is 5.90 Å². The van der Waals surface area contributed by atoms with E-state index in [0.717, 1.165) is 27.8 Å². The fraction of sp³-hybridized carbons (Fsp3) is 0.125. The van der Waals surface area contributed by atoms with Gasteiger partial charge in [-0.1, -0.05) is 78.9 Å². The van der Waals surface area contributed by atoms with Crippen molar-refractivity contribution in [1.29, 1.82) is 0 Å². The first-order valence-corrected chi connectivity index (χ1v) is 9.12. The Bertz CT molecular complexity index is 1050. The van der Waals surface area contributed by atoms with Gasteiger partial charge in [0, 0.05) is 11.1 Å². The number of ether oxygens (including phenoxy) is 1. The summed E-state index contributed by atoms with van der Waals surface area (Å²) in [6, 6.07) is 25.9. The maximum absolute atomic E-state index is 11.5. The predicted octanol–water partition coefficient (Wildman–Crippen LogP) is 4.47. The second-order valence-electron chi connectivity index (χ2n) is 6.90. The van der Waals surface area contributed by atoms with E-state index >= 15 is 0 Å². The zero-order valence-electron chi connectivity index (χ0n) is 14.7. The predicted molar refractivity (Wildman–Crippen MR) is 107 cm³/mol. The van der Waals surface area contributed by atoms with Crippen molar-refractivity contribution in [1.82, 2.24) is 0 Å². The molecule has 1 N–H and O–H groups in total. The van der Waals surface area contributed by atoms with Crippen LogP contribution in [0, 0.1) is 0 Å². The largest absolute Gasteiger partial charge is 0.475 e. The summed E-state index contributed by atoms with van der Waals surface area (Å²) in [4.78, 5) is 4.81. The molecule has 2 aliphatic rings. The lowest BCUT2D eigenvalue weighted by atomic mass is 9.85. The third kappa shape index (κ3) is 2.59. The SMILES string of the molecule is OC1(c2ccccc2C2=N[C@H](c3ccccc3)CO2)C=Cc2ccccc21. The van der Waals surface area contributed by atoms with Gasteiger partial charge in [-0.2, -0.15) is 0 Å². The quantitative estimate of drug-likeness (QED) is 0.755. The van der Waals surface area contributed by atoms with E-state index in [4.69, 9.17) is 9.73 Å². The highest BCUT2D eigenvalue weighted by molar-refractivity contribution is 5.97. The summed E-state index contributed by atoms with van der Waals surface area (Å²) in [5.74, 6) is 0.589. The summed E-state index contributed by atoms with van der Waals surface area (Å²) in [5.41, 5.74) is 3.50. The first-order chi connectivity index (χ1) is 13.3. The van der Waals surface area contributed by atoms with Crippen LogP contribution >= 0.6 is 0 Å². The molecule has 1 unspecified atom stereocenters. The van der Waals surface area contributed by atoms with Crippen LogP contribution in [0.5, 0.6) is 0 Å². The summed E-state index contributed by atoms with van der Waals surface area (Å²) in [7, 11) is 0. The van der Waals surface area contributed by atoms with E-state index in [0.29, 0.717) is 12.5 Å². The van der Waals surface area contributed by atoms with E-state index in [1.165, 1.54) is 0 Å².